The van der Waals surface area contributed by atoms with Gasteiger partial charge in [0, 0.05) is 27.7 Å². The second-order valence-electron chi connectivity index (χ2n) is 5.61. The number of para-hydroxylation sites is 1. The van der Waals surface area contributed by atoms with E-state index in [0.29, 0.717) is 37.1 Å². The van der Waals surface area contributed by atoms with Gasteiger partial charge in [-0.1, -0.05) is 77.5 Å². The van der Waals surface area contributed by atoms with Gasteiger partial charge < -0.3 is 4.74 Å². The lowest BCUT2D eigenvalue weighted by atomic mass is 10.1. The molecular weight excluding hydrogens is 421 g/mol. The van der Waals surface area contributed by atoms with Crippen LogP contribution in [-0.4, -0.2) is 21.7 Å². The topological polar surface area (TPSA) is 29.5 Å². The number of halogens is 2. The Labute approximate surface area is 177 Å². The predicted octanol–water partition coefficient (Wildman–Crippen LogP) is 5.96. The number of thioether (sulfide) groups is 1. The molecular formula is C20H15Cl2NO2S2. The van der Waals surface area contributed by atoms with Crippen molar-refractivity contribution >= 4 is 63.5 Å². The largest absolute Gasteiger partial charge is 0.488 e. The van der Waals surface area contributed by atoms with Gasteiger partial charge in [0.2, 0.25) is 0 Å². The van der Waals surface area contributed by atoms with Crippen molar-refractivity contribution in [1.82, 2.24) is 4.90 Å². The van der Waals surface area contributed by atoms with E-state index in [0.717, 1.165) is 5.56 Å². The van der Waals surface area contributed by atoms with Gasteiger partial charge in [-0.3, -0.25) is 9.69 Å². The summed E-state index contributed by atoms with van der Waals surface area (Å²) in [6.07, 6.45) is 3.43. The lowest BCUT2D eigenvalue weighted by Crippen LogP contribution is -2.27. The van der Waals surface area contributed by atoms with Crippen molar-refractivity contribution in [1.29, 1.82) is 0 Å². The number of amides is 1. The Morgan fingerprint density at radius 2 is 1.85 bits per heavy atom. The number of hydrogen-bond acceptors (Lipinski definition) is 4. The highest BCUT2D eigenvalue weighted by atomic mass is 35.5. The van der Waals surface area contributed by atoms with Crippen molar-refractivity contribution in [3.05, 3.63) is 81.2 Å². The number of carbonyl (C=O) groups is 1. The lowest BCUT2D eigenvalue weighted by Gasteiger charge is -2.12. The van der Waals surface area contributed by atoms with Crippen LogP contribution < -0.4 is 4.74 Å². The SMILES string of the molecule is C=CCN1C(=O)/C(=C\c2ccccc2OCc2c(Cl)cccc2Cl)SC1=S. The van der Waals surface area contributed by atoms with Crippen LogP contribution >= 0.6 is 47.2 Å². The summed E-state index contributed by atoms with van der Waals surface area (Å²) < 4.78 is 6.46. The van der Waals surface area contributed by atoms with Crippen LogP contribution in [0.4, 0.5) is 0 Å². The summed E-state index contributed by atoms with van der Waals surface area (Å²) in [6.45, 7) is 4.28. The summed E-state index contributed by atoms with van der Waals surface area (Å²) in [7, 11) is 0. The van der Waals surface area contributed by atoms with Gasteiger partial charge in [0.15, 0.2) is 0 Å². The summed E-state index contributed by atoms with van der Waals surface area (Å²) in [5.41, 5.74) is 1.49. The average Bonchev–Trinajstić information content (AvgIpc) is 2.90. The highest BCUT2D eigenvalue weighted by molar-refractivity contribution is 8.26. The molecule has 1 saturated heterocycles. The fraction of sp³-hybridized carbons (Fsp3) is 0.100. The first kappa shape index (κ1) is 20.0. The van der Waals surface area contributed by atoms with Gasteiger partial charge in [0.1, 0.15) is 16.7 Å². The molecule has 2 aromatic carbocycles. The lowest BCUT2D eigenvalue weighted by molar-refractivity contribution is -0.121. The Hall–Kier alpha value is -1.79. The molecule has 1 aliphatic rings. The molecule has 0 unspecified atom stereocenters. The molecule has 0 bridgehead atoms. The highest BCUT2D eigenvalue weighted by Gasteiger charge is 2.31. The van der Waals surface area contributed by atoms with Crippen LogP contribution in [0.15, 0.2) is 60.0 Å². The second kappa shape index (κ2) is 8.93. The van der Waals surface area contributed by atoms with E-state index in [1.807, 2.05) is 24.3 Å². The van der Waals surface area contributed by atoms with Crippen LogP contribution in [0.1, 0.15) is 11.1 Å². The van der Waals surface area contributed by atoms with Gasteiger partial charge in [0.25, 0.3) is 5.91 Å². The Morgan fingerprint density at radius 3 is 2.56 bits per heavy atom. The van der Waals surface area contributed by atoms with Gasteiger partial charge in [0.05, 0.1) is 4.91 Å². The monoisotopic (exact) mass is 435 g/mol. The highest BCUT2D eigenvalue weighted by Crippen LogP contribution is 2.34. The number of benzene rings is 2. The molecule has 1 amide bonds. The molecule has 1 fully saturated rings. The molecule has 3 rings (SSSR count). The number of ether oxygens (including phenoxy) is 1. The third-order valence-electron chi connectivity index (χ3n) is 3.82. The normalized spacial score (nSPS) is 15.5. The molecule has 27 heavy (non-hydrogen) atoms. The third-order valence-corrected chi connectivity index (χ3v) is 5.91. The molecule has 7 heteroatoms. The minimum Gasteiger partial charge on any atom is -0.488 e. The zero-order valence-corrected chi connectivity index (χ0v) is 17.3. The van der Waals surface area contributed by atoms with Crippen LogP contribution in [0.2, 0.25) is 10.0 Å². The zero-order chi connectivity index (χ0) is 19.4. The second-order valence-corrected chi connectivity index (χ2v) is 8.10. The van der Waals surface area contributed by atoms with Gasteiger partial charge in [-0.15, -0.1) is 6.58 Å². The number of rotatable bonds is 6. The van der Waals surface area contributed by atoms with E-state index < -0.39 is 0 Å². The van der Waals surface area contributed by atoms with Crippen LogP contribution in [-0.2, 0) is 11.4 Å². The Morgan fingerprint density at radius 1 is 1.15 bits per heavy atom. The van der Waals surface area contributed by atoms with E-state index in [9.17, 15) is 4.79 Å². The Balaban J connectivity index is 1.84. The maximum atomic E-state index is 12.5. The third kappa shape index (κ3) is 4.55. The van der Waals surface area contributed by atoms with Crippen molar-refractivity contribution in [2.75, 3.05) is 6.54 Å². The first-order chi connectivity index (χ1) is 13.0. The minimum absolute atomic E-state index is 0.131. The summed E-state index contributed by atoms with van der Waals surface area (Å²) in [5, 5.41) is 1.09. The maximum Gasteiger partial charge on any atom is 0.266 e. The summed E-state index contributed by atoms with van der Waals surface area (Å²) >= 11 is 18.9. The fourth-order valence-corrected chi connectivity index (χ4v) is 4.25. The molecule has 0 spiro atoms. The maximum absolute atomic E-state index is 12.5. The van der Waals surface area contributed by atoms with E-state index in [-0.39, 0.29) is 12.5 Å². The van der Waals surface area contributed by atoms with Crippen LogP contribution in [0, 0.1) is 0 Å². The molecule has 0 aromatic heterocycles. The predicted molar refractivity (Wildman–Crippen MR) is 117 cm³/mol. The first-order valence-corrected chi connectivity index (χ1v) is 10.0. The van der Waals surface area contributed by atoms with Crippen molar-refractivity contribution in [2.24, 2.45) is 0 Å². The molecule has 0 aliphatic carbocycles. The van der Waals surface area contributed by atoms with Crippen LogP contribution in [0.5, 0.6) is 5.75 Å². The number of carbonyl (C=O) groups excluding carboxylic acids is 1. The van der Waals surface area contributed by atoms with E-state index >= 15 is 0 Å². The van der Waals surface area contributed by atoms with E-state index in [2.05, 4.69) is 6.58 Å². The average molecular weight is 436 g/mol. The van der Waals surface area contributed by atoms with Crippen molar-refractivity contribution in [3.8, 4) is 5.75 Å². The number of thiocarbonyl (C=S) groups is 1. The van der Waals surface area contributed by atoms with Gasteiger partial charge in [-0.2, -0.15) is 0 Å². The van der Waals surface area contributed by atoms with E-state index in [1.165, 1.54) is 16.7 Å². The van der Waals surface area contributed by atoms with Crippen molar-refractivity contribution < 1.29 is 9.53 Å². The number of hydrogen-bond donors (Lipinski definition) is 0. The van der Waals surface area contributed by atoms with E-state index in [1.54, 1.807) is 30.4 Å². The van der Waals surface area contributed by atoms with Crippen LogP contribution in [0.3, 0.4) is 0 Å². The van der Waals surface area contributed by atoms with Gasteiger partial charge in [-0.25, -0.2) is 0 Å². The van der Waals surface area contributed by atoms with Gasteiger partial charge in [-0.05, 0) is 24.3 Å². The molecule has 1 aliphatic heterocycles. The fourth-order valence-electron chi connectivity index (χ4n) is 2.48. The Kier molecular flexibility index (Phi) is 6.60. The standard InChI is InChI=1S/C20H15Cl2NO2S2/c1-2-10-23-19(24)18(27-20(23)26)11-13-6-3-4-9-17(13)25-12-14-15(21)7-5-8-16(14)22/h2-9,11H,1,10,12H2/b18-11+. The molecule has 2 aromatic rings. The summed E-state index contributed by atoms with van der Waals surface area (Å²) in [4.78, 5) is 14.6. The van der Waals surface area contributed by atoms with E-state index in [4.69, 9.17) is 40.2 Å². The quantitative estimate of drug-likeness (QED) is 0.318. The molecule has 0 radical (unpaired) electrons. The van der Waals surface area contributed by atoms with Gasteiger partial charge >= 0.3 is 0 Å². The van der Waals surface area contributed by atoms with Crippen molar-refractivity contribution in [2.45, 2.75) is 6.61 Å². The minimum atomic E-state index is -0.131. The molecule has 1 heterocycles. The first-order valence-electron chi connectivity index (χ1n) is 8.02. The number of nitrogens with zero attached hydrogens (tertiary/aromatic N) is 1. The summed E-state index contributed by atoms with van der Waals surface area (Å²) in [6, 6.07) is 12.8. The molecule has 0 atom stereocenters. The molecule has 3 nitrogen and oxygen atoms in total. The smallest absolute Gasteiger partial charge is 0.266 e. The van der Waals surface area contributed by atoms with Crippen molar-refractivity contribution in [3.63, 3.8) is 0 Å². The molecule has 138 valence electrons. The molecule has 0 saturated carbocycles. The molecule has 0 N–H and O–H groups in total. The summed E-state index contributed by atoms with van der Waals surface area (Å²) in [5.74, 6) is 0.497. The Bertz CT molecular complexity index is 923. The van der Waals surface area contributed by atoms with Crippen LogP contribution in [0.25, 0.3) is 6.08 Å². The zero-order valence-electron chi connectivity index (χ0n) is 14.2.